The fourth-order valence-corrected chi connectivity index (χ4v) is 1.54. The number of rotatable bonds is 3. The highest BCUT2D eigenvalue weighted by atomic mass is 16.4. The highest BCUT2D eigenvalue weighted by molar-refractivity contribution is 5.89. The number of nitrogens with zero attached hydrogens (tertiary/aromatic N) is 2. The zero-order valence-corrected chi connectivity index (χ0v) is 7.81. The Labute approximate surface area is 82.2 Å². The summed E-state index contributed by atoms with van der Waals surface area (Å²) < 4.78 is 0. The van der Waals surface area contributed by atoms with E-state index in [1.165, 1.54) is 12.6 Å². The molecule has 74 valence electrons. The van der Waals surface area contributed by atoms with Gasteiger partial charge in [-0.2, -0.15) is 0 Å². The van der Waals surface area contributed by atoms with Crippen molar-refractivity contribution in [2.24, 2.45) is 0 Å². The van der Waals surface area contributed by atoms with Gasteiger partial charge in [0, 0.05) is 18.9 Å². The largest absolute Gasteiger partial charge is 0.478 e. The highest BCUT2D eigenvalue weighted by Gasteiger charge is 2.17. The van der Waals surface area contributed by atoms with Crippen molar-refractivity contribution in [2.75, 3.05) is 13.1 Å². The van der Waals surface area contributed by atoms with Gasteiger partial charge in [0.25, 0.3) is 0 Å². The van der Waals surface area contributed by atoms with E-state index in [0.717, 1.165) is 18.7 Å². The van der Waals surface area contributed by atoms with Gasteiger partial charge < -0.3 is 5.11 Å². The molecule has 1 aromatic heterocycles. The molecule has 2 heterocycles. The number of hydrogen-bond donors (Lipinski definition) is 1. The minimum Gasteiger partial charge on any atom is -0.478 e. The lowest BCUT2D eigenvalue weighted by atomic mass is 10.1. The maximum Gasteiger partial charge on any atom is 0.336 e. The van der Waals surface area contributed by atoms with Crippen LogP contribution in [0, 0.1) is 0 Å². The molecule has 4 heteroatoms. The van der Waals surface area contributed by atoms with Crippen LogP contribution < -0.4 is 0 Å². The zero-order chi connectivity index (χ0) is 9.97. The second-order valence-corrected chi connectivity index (χ2v) is 3.47. The Hall–Kier alpha value is -1.42. The molecule has 2 rings (SSSR count). The van der Waals surface area contributed by atoms with Crippen LogP contribution in [0.25, 0.3) is 0 Å². The van der Waals surface area contributed by atoms with E-state index >= 15 is 0 Å². The molecule has 1 fully saturated rings. The topological polar surface area (TPSA) is 53.4 Å². The third-order valence-corrected chi connectivity index (χ3v) is 2.48. The highest BCUT2D eigenvalue weighted by Crippen LogP contribution is 2.14. The lowest BCUT2D eigenvalue weighted by Gasteiger charge is -2.30. The number of likely N-dealkylation sites (tertiary alicyclic amines) is 1. The lowest BCUT2D eigenvalue weighted by Crippen LogP contribution is -2.36. The van der Waals surface area contributed by atoms with Gasteiger partial charge in [0.2, 0.25) is 0 Å². The van der Waals surface area contributed by atoms with Gasteiger partial charge in [-0.05, 0) is 31.1 Å². The molecule has 1 N–H and O–H groups in total. The van der Waals surface area contributed by atoms with Crippen molar-refractivity contribution >= 4 is 5.97 Å². The number of aromatic nitrogens is 1. The van der Waals surface area contributed by atoms with E-state index in [0.29, 0.717) is 12.1 Å². The molecule has 1 aromatic rings. The summed E-state index contributed by atoms with van der Waals surface area (Å²) in [6.07, 6.45) is 4.37. The third kappa shape index (κ3) is 1.75. The summed E-state index contributed by atoms with van der Waals surface area (Å²) in [4.78, 5) is 17.0. The molecular weight excluding hydrogens is 180 g/mol. The van der Waals surface area contributed by atoms with E-state index in [-0.39, 0.29) is 0 Å². The molecule has 0 aliphatic carbocycles. The maximum absolute atomic E-state index is 10.9. The Bertz CT molecular complexity index is 348. The second kappa shape index (κ2) is 3.75. The van der Waals surface area contributed by atoms with Crippen molar-refractivity contribution in [2.45, 2.75) is 13.0 Å². The molecule has 1 aliphatic rings. The number of pyridine rings is 1. The summed E-state index contributed by atoms with van der Waals surface area (Å²) in [6.45, 7) is 2.83. The van der Waals surface area contributed by atoms with E-state index in [9.17, 15) is 4.79 Å². The zero-order valence-electron chi connectivity index (χ0n) is 7.81. The summed E-state index contributed by atoms with van der Waals surface area (Å²) in [7, 11) is 0. The van der Waals surface area contributed by atoms with Crippen LogP contribution in [0.1, 0.15) is 22.3 Å². The molecule has 0 bridgehead atoms. The SMILES string of the molecule is O=C(O)c1ccncc1CN1CCC1. The number of aromatic carboxylic acids is 1. The van der Waals surface area contributed by atoms with Crippen LogP contribution in [0.4, 0.5) is 0 Å². The standard InChI is InChI=1S/C10H12N2O2/c13-10(14)9-2-3-11-6-8(9)7-12-4-1-5-12/h2-3,6H,1,4-5,7H2,(H,13,14). The first-order valence-corrected chi connectivity index (χ1v) is 4.66. The Morgan fingerprint density at radius 1 is 1.57 bits per heavy atom. The van der Waals surface area contributed by atoms with E-state index in [1.807, 2.05) is 0 Å². The van der Waals surface area contributed by atoms with Gasteiger partial charge in [-0.3, -0.25) is 9.88 Å². The van der Waals surface area contributed by atoms with Crippen LogP contribution in [-0.4, -0.2) is 34.0 Å². The molecule has 4 nitrogen and oxygen atoms in total. The van der Waals surface area contributed by atoms with Gasteiger partial charge in [-0.25, -0.2) is 4.79 Å². The van der Waals surface area contributed by atoms with Gasteiger partial charge in [-0.15, -0.1) is 0 Å². The normalized spacial score (nSPS) is 16.3. The number of carboxylic acids is 1. The van der Waals surface area contributed by atoms with Gasteiger partial charge in [0.15, 0.2) is 0 Å². The molecule has 0 aromatic carbocycles. The summed E-state index contributed by atoms with van der Waals surface area (Å²) in [6, 6.07) is 1.55. The van der Waals surface area contributed by atoms with E-state index < -0.39 is 5.97 Å². The van der Waals surface area contributed by atoms with Gasteiger partial charge in [0.1, 0.15) is 0 Å². The second-order valence-electron chi connectivity index (χ2n) is 3.47. The minimum absolute atomic E-state index is 0.368. The molecule has 0 spiro atoms. The van der Waals surface area contributed by atoms with Gasteiger partial charge >= 0.3 is 5.97 Å². The van der Waals surface area contributed by atoms with Crippen LogP contribution in [0.3, 0.4) is 0 Å². The summed E-state index contributed by atoms with van der Waals surface area (Å²) in [5.74, 6) is -0.872. The molecular formula is C10H12N2O2. The smallest absolute Gasteiger partial charge is 0.336 e. The van der Waals surface area contributed by atoms with Gasteiger partial charge in [0.05, 0.1) is 5.56 Å². The Kier molecular flexibility index (Phi) is 2.45. The quantitative estimate of drug-likeness (QED) is 0.775. The van der Waals surface area contributed by atoms with Crippen molar-refractivity contribution in [1.29, 1.82) is 0 Å². The van der Waals surface area contributed by atoms with Gasteiger partial charge in [-0.1, -0.05) is 0 Å². The first-order chi connectivity index (χ1) is 6.77. The molecule has 0 atom stereocenters. The molecule has 0 radical (unpaired) electrons. The first-order valence-electron chi connectivity index (χ1n) is 4.66. The molecule has 0 amide bonds. The van der Waals surface area contributed by atoms with Crippen LogP contribution in [0.15, 0.2) is 18.5 Å². The first kappa shape index (κ1) is 9.15. The van der Waals surface area contributed by atoms with Crippen LogP contribution >= 0.6 is 0 Å². The molecule has 1 aliphatic heterocycles. The number of hydrogen-bond acceptors (Lipinski definition) is 3. The third-order valence-electron chi connectivity index (χ3n) is 2.48. The average Bonchev–Trinajstić information content (AvgIpc) is 2.12. The molecule has 0 unspecified atom stereocenters. The van der Waals surface area contributed by atoms with E-state index in [2.05, 4.69) is 9.88 Å². The maximum atomic E-state index is 10.9. The fourth-order valence-electron chi connectivity index (χ4n) is 1.54. The predicted octanol–water partition coefficient (Wildman–Crippen LogP) is 0.986. The fraction of sp³-hybridized carbons (Fsp3) is 0.400. The van der Waals surface area contributed by atoms with Crippen molar-refractivity contribution in [1.82, 2.24) is 9.88 Å². The summed E-state index contributed by atoms with van der Waals surface area (Å²) >= 11 is 0. The predicted molar refractivity (Wildman–Crippen MR) is 51.1 cm³/mol. The molecule has 14 heavy (non-hydrogen) atoms. The van der Waals surface area contributed by atoms with Crippen molar-refractivity contribution in [3.05, 3.63) is 29.6 Å². The van der Waals surface area contributed by atoms with E-state index in [4.69, 9.17) is 5.11 Å². The summed E-state index contributed by atoms with van der Waals surface area (Å²) in [5.41, 5.74) is 1.17. The van der Waals surface area contributed by atoms with Crippen LogP contribution in [0.2, 0.25) is 0 Å². The molecule has 1 saturated heterocycles. The Morgan fingerprint density at radius 3 is 2.93 bits per heavy atom. The molecule has 0 saturated carbocycles. The van der Waals surface area contributed by atoms with Crippen LogP contribution in [0.5, 0.6) is 0 Å². The Morgan fingerprint density at radius 2 is 2.36 bits per heavy atom. The van der Waals surface area contributed by atoms with Crippen molar-refractivity contribution in [3.63, 3.8) is 0 Å². The lowest BCUT2D eigenvalue weighted by molar-refractivity contribution is 0.0693. The summed E-state index contributed by atoms with van der Waals surface area (Å²) in [5, 5.41) is 8.92. The van der Waals surface area contributed by atoms with Crippen molar-refractivity contribution < 1.29 is 9.90 Å². The monoisotopic (exact) mass is 192 g/mol. The minimum atomic E-state index is -0.872. The number of carbonyl (C=O) groups is 1. The van der Waals surface area contributed by atoms with Crippen LogP contribution in [-0.2, 0) is 6.54 Å². The average molecular weight is 192 g/mol. The Balaban J connectivity index is 2.17. The van der Waals surface area contributed by atoms with E-state index in [1.54, 1.807) is 12.3 Å². The number of carboxylic acid groups (broad SMARTS) is 1. The van der Waals surface area contributed by atoms with Crippen molar-refractivity contribution in [3.8, 4) is 0 Å².